The molecule has 0 aliphatic heterocycles. The van der Waals surface area contributed by atoms with Crippen molar-refractivity contribution in [1.82, 2.24) is 5.32 Å². The van der Waals surface area contributed by atoms with E-state index in [1.54, 1.807) is 0 Å². The summed E-state index contributed by atoms with van der Waals surface area (Å²) in [6, 6.07) is 9.59. The van der Waals surface area contributed by atoms with E-state index >= 15 is 0 Å². The van der Waals surface area contributed by atoms with Crippen LogP contribution >= 0.6 is 0 Å². The van der Waals surface area contributed by atoms with Gasteiger partial charge in [-0.15, -0.1) is 0 Å². The van der Waals surface area contributed by atoms with Gasteiger partial charge in [0.05, 0.1) is 13.5 Å². The highest BCUT2D eigenvalue weighted by molar-refractivity contribution is 5.70. The molecule has 5 nitrogen and oxygen atoms in total. The fourth-order valence-electron chi connectivity index (χ4n) is 1.91. The van der Waals surface area contributed by atoms with Gasteiger partial charge in [0.1, 0.15) is 6.61 Å². The van der Waals surface area contributed by atoms with E-state index in [0.29, 0.717) is 13.0 Å². The first kappa shape index (κ1) is 18.7. The number of ether oxygens (including phenoxy) is 2. The topological polar surface area (TPSA) is 64.6 Å². The van der Waals surface area contributed by atoms with Crippen molar-refractivity contribution >= 4 is 12.1 Å². The number of methoxy groups -OCH3 is 1. The van der Waals surface area contributed by atoms with Crippen molar-refractivity contribution in [1.29, 1.82) is 0 Å². The van der Waals surface area contributed by atoms with E-state index in [-0.39, 0.29) is 18.7 Å². The van der Waals surface area contributed by atoms with Crippen molar-refractivity contribution in [2.75, 3.05) is 13.7 Å². The highest BCUT2D eigenvalue weighted by Gasteiger charge is 2.01. The summed E-state index contributed by atoms with van der Waals surface area (Å²) in [5.74, 6) is -0.223. The predicted octanol–water partition coefficient (Wildman–Crippen LogP) is 3.59. The molecule has 1 aromatic carbocycles. The number of nitrogens with one attached hydrogen (secondary N) is 1. The fourth-order valence-corrected chi connectivity index (χ4v) is 1.91. The second-order valence-electron chi connectivity index (χ2n) is 5.09. The van der Waals surface area contributed by atoms with Crippen LogP contribution in [-0.2, 0) is 20.9 Å². The lowest BCUT2D eigenvalue weighted by Crippen LogP contribution is -2.25. The van der Waals surface area contributed by atoms with Crippen LogP contribution in [0.4, 0.5) is 4.79 Å². The molecule has 1 amide bonds. The smallest absolute Gasteiger partial charge is 0.407 e. The van der Waals surface area contributed by atoms with Gasteiger partial charge in [0.2, 0.25) is 0 Å². The minimum absolute atomic E-state index is 0.223. The van der Waals surface area contributed by atoms with E-state index < -0.39 is 0 Å². The van der Waals surface area contributed by atoms with Gasteiger partial charge in [0, 0.05) is 6.54 Å². The van der Waals surface area contributed by atoms with Crippen LogP contribution in [-0.4, -0.2) is 25.7 Å². The molecule has 126 valence electrons. The standard InChI is InChI=1S/C18H25NO4/c1-22-17(20)13-9-4-2-3-5-10-14-19-18(21)23-15-16-11-7-6-8-12-16/h4,6-9,11-12H,2-3,5,10,13-15H2,1H3,(H,19,21)/b9-4-. The Hall–Kier alpha value is -2.30. The van der Waals surface area contributed by atoms with Gasteiger partial charge in [-0.2, -0.15) is 0 Å². The maximum Gasteiger partial charge on any atom is 0.407 e. The Labute approximate surface area is 137 Å². The molecule has 1 N–H and O–H groups in total. The molecule has 23 heavy (non-hydrogen) atoms. The number of allylic oxidation sites excluding steroid dienone is 1. The first-order chi connectivity index (χ1) is 11.2. The van der Waals surface area contributed by atoms with Crippen molar-refractivity contribution in [3.8, 4) is 0 Å². The number of carbonyl (C=O) groups is 2. The van der Waals surface area contributed by atoms with E-state index in [2.05, 4.69) is 10.1 Å². The number of carbonyl (C=O) groups excluding carboxylic acids is 2. The van der Waals surface area contributed by atoms with Gasteiger partial charge < -0.3 is 14.8 Å². The second kappa shape index (κ2) is 12.3. The van der Waals surface area contributed by atoms with Crippen LogP contribution in [0, 0.1) is 0 Å². The molecule has 0 bridgehead atoms. The Morgan fingerprint density at radius 2 is 1.87 bits per heavy atom. The van der Waals surface area contributed by atoms with Crippen LogP contribution in [0.3, 0.4) is 0 Å². The first-order valence-electron chi connectivity index (χ1n) is 7.88. The number of alkyl carbamates (subject to hydrolysis) is 1. The Morgan fingerprint density at radius 1 is 1.09 bits per heavy atom. The average molecular weight is 319 g/mol. The van der Waals surface area contributed by atoms with Crippen LogP contribution in [0.25, 0.3) is 0 Å². The van der Waals surface area contributed by atoms with Crippen LogP contribution in [0.15, 0.2) is 42.5 Å². The number of amides is 1. The molecule has 0 unspecified atom stereocenters. The molecule has 0 atom stereocenters. The lowest BCUT2D eigenvalue weighted by atomic mass is 10.2. The van der Waals surface area contributed by atoms with Crippen molar-refractivity contribution < 1.29 is 19.1 Å². The summed E-state index contributed by atoms with van der Waals surface area (Å²) in [5, 5.41) is 2.74. The molecule has 0 saturated carbocycles. The quantitative estimate of drug-likeness (QED) is 0.406. The van der Waals surface area contributed by atoms with Crippen LogP contribution in [0.1, 0.15) is 37.7 Å². The molecule has 0 fully saturated rings. The normalized spacial score (nSPS) is 10.5. The van der Waals surface area contributed by atoms with Crippen LogP contribution in [0.2, 0.25) is 0 Å². The minimum atomic E-state index is -0.383. The lowest BCUT2D eigenvalue weighted by molar-refractivity contribution is -0.139. The van der Waals surface area contributed by atoms with E-state index in [1.165, 1.54) is 7.11 Å². The highest BCUT2D eigenvalue weighted by Crippen LogP contribution is 2.02. The zero-order valence-electron chi connectivity index (χ0n) is 13.6. The Bertz CT molecular complexity index is 485. The summed E-state index contributed by atoms with van der Waals surface area (Å²) in [6.07, 6.45) is 7.63. The predicted molar refractivity (Wildman–Crippen MR) is 88.9 cm³/mol. The van der Waals surface area contributed by atoms with Crippen LogP contribution < -0.4 is 5.32 Å². The Morgan fingerprint density at radius 3 is 2.61 bits per heavy atom. The van der Waals surface area contributed by atoms with Gasteiger partial charge in [0.25, 0.3) is 0 Å². The third kappa shape index (κ3) is 10.1. The molecule has 0 spiro atoms. The summed E-state index contributed by atoms with van der Waals surface area (Å²) in [4.78, 5) is 22.4. The average Bonchev–Trinajstić information content (AvgIpc) is 2.59. The molecule has 0 heterocycles. The molecule has 0 aliphatic carbocycles. The minimum Gasteiger partial charge on any atom is -0.469 e. The van der Waals surface area contributed by atoms with Crippen molar-refractivity contribution in [3.63, 3.8) is 0 Å². The summed E-state index contributed by atoms with van der Waals surface area (Å²) in [7, 11) is 1.38. The highest BCUT2D eigenvalue weighted by atomic mass is 16.5. The van der Waals surface area contributed by atoms with Crippen molar-refractivity contribution in [3.05, 3.63) is 48.0 Å². The van der Waals surface area contributed by atoms with E-state index in [0.717, 1.165) is 31.2 Å². The van der Waals surface area contributed by atoms with E-state index in [4.69, 9.17) is 4.74 Å². The van der Waals surface area contributed by atoms with Crippen molar-refractivity contribution in [2.24, 2.45) is 0 Å². The number of rotatable bonds is 10. The van der Waals surface area contributed by atoms with Crippen LogP contribution in [0.5, 0.6) is 0 Å². The first-order valence-corrected chi connectivity index (χ1v) is 7.88. The number of benzene rings is 1. The van der Waals surface area contributed by atoms with Gasteiger partial charge in [-0.3, -0.25) is 4.79 Å². The lowest BCUT2D eigenvalue weighted by Gasteiger charge is -2.06. The summed E-state index contributed by atoms with van der Waals surface area (Å²) in [6.45, 7) is 0.900. The number of hydrogen-bond acceptors (Lipinski definition) is 4. The Balaban J connectivity index is 1.94. The SMILES string of the molecule is COC(=O)C/C=C\CCCCCNC(=O)OCc1ccccc1. The molecule has 0 aromatic heterocycles. The molecule has 1 aromatic rings. The van der Waals surface area contributed by atoms with Gasteiger partial charge in [-0.05, 0) is 24.8 Å². The molecule has 0 aliphatic rings. The second-order valence-corrected chi connectivity index (χ2v) is 5.09. The molecule has 0 radical (unpaired) electrons. The third-order valence-electron chi connectivity index (χ3n) is 3.21. The molecular weight excluding hydrogens is 294 g/mol. The zero-order chi connectivity index (χ0) is 16.8. The maximum absolute atomic E-state index is 11.5. The van der Waals surface area contributed by atoms with E-state index in [1.807, 2.05) is 42.5 Å². The largest absolute Gasteiger partial charge is 0.469 e. The zero-order valence-corrected chi connectivity index (χ0v) is 13.6. The molecule has 1 rings (SSSR count). The monoisotopic (exact) mass is 319 g/mol. The molecule has 5 heteroatoms. The molecule has 0 saturated heterocycles. The van der Waals surface area contributed by atoms with Gasteiger partial charge in [0.15, 0.2) is 0 Å². The van der Waals surface area contributed by atoms with Gasteiger partial charge >= 0.3 is 12.1 Å². The van der Waals surface area contributed by atoms with E-state index in [9.17, 15) is 9.59 Å². The maximum atomic E-state index is 11.5. The summed E-state index contributed by atoms with van der Waals surface area (Å²) >= 11 is 0. The summed E-state index contributed by atoms with van der Waals surface area (Å²) < 4.78 is 9.65. The fraction of sp³-hybridized carbons (Fsp3) is 0.444. The van der Waals surface area contributed by atoms with Crippen molar-refractivity contribution in [2.45, 2.75) is 38.7 Å². The van der Waals surface area contributed by atoms with Gasteiger partial charge in [-0.1, -0.05) is 48.9 Å². The number of unbranched alkanes of at least 4 members (excludes halogenated alkanes) is 3. The third-order valence-corrected chi connectivity index (χ3v) is 3.21. The van der Waals surface area contributed by atoms with Gasteiger partial charge in [-0.25, -0.2) is 4.79 Å². The number of esters is 1. The Kier molecular flexibility index (Phi) is 10.00. The summed E-state index contributed by atoms with van der Waals surface area (Å²) in [5.41, 5.74) is 0.974. The molecular formula is C18H25NO4. The number of hydrogen-bond donors (Lipinski definition) is 1.